The molecule has 0 spiro atoms. The van der Waals surface area contributed by atoms with Crippen LogP contribution >= 0.6 is 0 Å². The van der Waals surface area contributed by atoms with E-state index in [1.54, 1.807) is 11.0 Å². The predicted molar refractivity (Wildman–Crippen MR) is 104 cm³/mol. The number of carbonyl (C=O) groups excluding carboxylic acids is 2. The number of carbonyl (C=O) groups is 2. The van der Waals surface area contributed by atoms with Crippen LogP contribution in [0.25, 0.3) is 0 Å². The van der Waals surface area contributed by atoms with E-state index >= 15 is 0 Å². The van der Waals surface area contributed by atoms with Crippen molar-refractivity contribution in [2.75, 3.05) is 39.8 Å². The van der Waals surface area contributed by atoms with Gasteiger partial charge in [0, 0.05) is 38.3 Å². The van der Waals surface area contributed by atoms with Crippen molar-refractivity contribution in [2.24, 2.45) is 0 Å². The van der Waals surface area contributed by atoms with Gasteiger partial charge in [-0.1, -0.05) is 30.3 Å². The summed E-state index contributed by atoms with van der Waals surface area (Å²) in [5, 5.41) is 2.91. The molecule has 0 radical (unpaired) electrons. The van der Waals surface area contributed by atoms with Crippen molar-refractivity contribution in [1.29, 1.82) is 0 Å². The highest BCUT2D eigenvalue weighted by atomic mass is 19.1. The van der Waals surface area contributed by atoms with Gasteiger partial charge in [0.15, 0.2) is 11.6 Å². The molecule has 1 saturated heterocycles. The van der Waals surface area contributed by atoms with E-state index in [2.05, 4.69) is 5.32 Å². The summed E-state index contributed by atoms with van der Waals surface area (Å²) in [5.74, 6) is -0.694. The normalized spacial score (nSPS) is 14.6. The third kappa shape index (κ3) is 5.07. The lowest BCUT2D eigenvalue weighted by Gasteiger charge is -2.34. The second-order valence-electron chi connectivity index (χ2n) is 6.68. The molecule has 0 aliphatic carbocycles. The average molecular weight is 385 g/mol. The van der Waals surface area contributed by atoms with Crippen LogP contribution in [-0.4, -0.2) is 61.4 Å². The number of halogens is 1. The van der Waals surface area contributed by atoms with E-state index in [-0.39, 0.29) is 17.6 Å². The first-order chi connectivity index (χ1) is 13.6. The van der Waals surface area contributed by atoms with Crippen molar-refractivity contribution in [3.05, 3.63) is 65.5 Å². The van der Waals surface area contributed by atoms with E-state index < -0.39 is 5.82 Å². The quantitative estimate of drug-likeness (QED) is 0.825. The van der Waals surface area contributed by atoms with Crippen LogP contribution in [0.2, 0.25) is 0 Å². The van der Waals surface area contributed by atoms with Gasteiger partial charge in [-0.25, -0.2) is 4.39 Å². The zero-order chi connectivity index (χ0) is 19.9. The van der Waals surface area contributed by atoms with Gasteiger partial charge in [0.1, 0.15) is 0 Å². The first-order valence-corrected chi connectivity index (χ1v) is 9.22. The summed E-state index contributed by atoms with van der Waals surface area (Å²) < 4.78 is 18.7. The molecule has 3 rings (SSSR count). The van der Waals surface area contributed by atoms with Crippen LogP contribution in [0.1, 0.15) is 15.9 Å². The summed E-state index contributed by atoms with van der Waals surface area (Å²) in [5.41, 5.74) is 1.35. The minimum absolute atomic E-state index is 0.0409. The van der Waals surface area contributed by atoms with Crippen molar-refractivity contribution in [3.63, 3.8) is 0 Å². The van der Waals surface area contributed by atoms with Crippen LogP contribution in [0.3, 0.4) is 0 Å². The summed E-state index contributed by atoms with van der Waals surface area (Å²) in [6.45, 7) is 3.00. The number of ether oxygens (including phenoxy) is 1. The first-order valence-electron chi connectivity index (χ1n) is 9.22. The number of nitrogens with zero attached hydrogens (tertiary/aromatic N) is 2. The molecule has 2 amide bonds. The number of hydrogen-bond donors (Lipinski definition) is 1. The molecule has 6 nitrogen and oxygen atoms in total. The Labute approximate surface area is 163 Å². The summed E-state index contributed by atoms with van der Waals surface area (Å²) in [6, 6.07) is 14.0. The van der Waals surface area contributed by atoms with Gasteiger partial charge in [0.25, 0.3) is 5.91 Å². The zero-order valence-corrected chi connectivity index (χ0v) is 15.9. The Balaban J connectivity index is 1.45. The summed E-state index contributed by atoms with van der Waals surface area (Å²) in [6.07, 6.45) is 0. The topological polar surface area (TPSA) is 61.9 Å². The minimum atomic E-state index is -0.554. The molecule has 0 atom stereocenters. The summed E-state index contributed by atoms with van der Waals surface area (Å²) in [7, 11) is 1.38. The second-order valence-corrected chi connectivity index (χ2v) is 6.68. The first kappa shape index (κ1) is 19.8. The van der Waals surface area contributed by atoms with Crippen LogP contribution in [-0.2, 0) is 11.3 Å². The van der Waals surface area contributed by atoms with E-state index in [4.69, 9.17) is 4.74 Å². The van der Waals surface area contributed by atoms with Gasteiger partial charge in [-0.15, -0.1) is 0 Å². The molecule has 7 heteroatoms. The molecule has 1 heterocycles. The van der Waals surface area contributed by atoms with Crippen LogP contribution in [0.4, 0.5) is 4.39 Å². The van der Waals surface area contributed by atoms with Crippen LogP contribution in [0.5, 0.6) is 5.75 Å². The monoisotopic (exact) mass is 385 g/mol. The van der Waals surface area contributed by atoms with Crippen molar-refractivity contribution >= 4 is 11.8 Å². The Morgan fingerprint density at radius 3 is 2.43 bits per heavy atom. The van der Waals surface area contributed by atoms with Gasteiger partial charge in [0.05, 0.1) is 13.7 Å². The van der Waals surface area contributed by atoms with Crippen molar-refractivity contribution in [1.82, 2.24) is 15.1 Å². The number of rotatable bonds is 6. The maximum Gasteiger partial charge on any atom is 0.254 e. The highest BCUT2D eigenvalue weighted by Gasteiger charge is 2.24. The molecule has 148 valence electrons. The van der Waals surface area contributed by atoms with E-state index in [0.717, 1.165) is 5.56 Å². The molecule has 1 aliphatic heterocycles. The molecule has 0 saturated carbocycles. The number of nitrogens with one attached hydrogen (secondary N) is 1. The van der Waals surface area contributed by atoms with Gasteiger partial charge in [-0.05, 0) is 23.8 Å². The number of methoxy groups -OCH3 is 1. The molecule has 1 N–H and O–H groups in total. The fraction of sp³-hybridized carbons (Fsp3) is 0.333. The van der Waals surface area contributed by atoms with Gasteiger partial charge in [-0.3, -0.25) is 14.5 Å². The largest absolute Gasteiger partial charge is 0.494 e. The Kier molecular flexibility index (Phi) is 6.60. The SMILES string of the molecule is COc1ccc(C(=O)N2CCN(CC(=O)NCc3ccccc3)CC2)cc1F. The lowest BCUT2D eigenvalue weighted by molar-refractivity contribution is -0.122. The maximum absolute atomic E-state index is 13.8. The highest BCUT2D eigenvalue weighted by molar-refractivity contribution is 5.94. The van der Waals surface area contributed by atoms with Crippen LogP contribution in [0, 0.1) is 5.82 Å². The Hall–Kier alpha value is -2.93. The van der Waals surface area contributed by atoms with E-state index in [9.17, 15) is 14.0 Å². The van der Waals surface area contributed by atoms with Gasteiger partial charge in [-0.2, -0.15) is 0 Å². The highest BCUT2D eigenvalue weighted by Crippen LogP contribution is 2.19. The van der Waals surface area contributed by atoms with E-state index in [1.165, 1.54) is 19.2 Å². The molecule has 2 aromatic rings. The van der Waals surface area contributed by atoms with Gasteiger partial charge in [0.2, 0.25) is 5.91 Å². The third-order valence-electron chi connectivity index (χ3n) is 4.76. The Morgan fingerprint density at radius 1 is 1.07 bits per heavy atom. The van der Waals surface area contributed by atoms with Crippen molar-refractivity contribution in [2.45, 2.75) is 6.54 Å². The Bertz CT molecular complexity index is 821. The van der Waals surface area contributed by atoms with Crippen molar-refractivity contribution < 1.29 is 18.7 Å². The number of piperazine rings is 1. The second kappa shape index (κ2) is 9.32. The molecule has 2 aromatic carbocycles. The average Bonchev–Trinajstić information content (AvgIpc) is 2.73. The standard InChI is InChI=1S/C21H24FN3O3/c1-28-19-8-7-17(13-18(19)22)21(27)25-11-9-24(10-12-25)15-20(26)23-14-16-5-3-2-4-6-16/h2-8,13H,9-12,14-15H2,1H3,(H,23,26). The maximum atomic E-state index is 13.8. The third-order valence-corrected chi connectivity index (χ3v) is 4.76. The molecule has 0 bridgehead atoms. The summed E-state index contributed by atoms with van der Waals surface area (Å²) >= 11 is 0. The van der Waals surface area contributed by atoms with Crippen molar-refractivity contribution in [3.8, 4) is 5.75 Å². The fourth-order valence-electron chi connectivity index (χ4n) is 3.15. The van der Waals surface area contributed by atoms with E-state index in [1.807, 2.05) is 35.2 Å². The van der Waals surface area contributed by atoms with Crippen LogP contribution < -0.4 is 10.1 Å². The molecular weight excluding hydrogens is 361 g/mol. The lowest BCUT2D eigenvalue weighted by atomic mass is 10.1. The fourth-order valence-corrected chi connectivity index (χ4v) is 3.15. The minimum Gasteiger partial charge on any atom is -0.494 e. The molecular formula is C21H24FN3O3. The number of amides is 2. The van der Waals surface area contributed by atoms with Crippen LogP contribution in [0.15, 0.2) is 48.5 Å². The number of hydrogen-bond acceptors (Lipinski definition) is 4. The molecule has 0 unspecified atom stereocenters. The predicted octanol–water partition coefficient (Wildman–Crippen LogP) is 1.91. The molecule has 1 fully saturated rings. The van der Waals surface area contributed by atoms with Gasteiger partial charge < -0.3 is 15.0 Å². The summed E-state index contributed by atoms with van der Waals surface area (Å²) in [4.78, 5) is 28.4. The molecule has 28 heavy (non-hydrogen) atoms. The Morgan fingerprint density at radius 2 is 1.79 bits per heavy atom. The van der Waals surface area contributed by atoms with E-state index in [0.29, 0.717) is 44.8 Å². The lowest BCUT2D eigenvalue weighted by Crippen LogP contribution is -2.51. The smallest absolute Gasteiger partial charge is 0.254 e. The molecule has 1 aliphatic rings. The van der Waals surface area contributed by atoms with Gasteiger partial charge >= 0.3 is 0 Å². The molecule has 0 aromatic heterocycles. The number of benzene rings is 2. The zero-order valence-electron chi connectivity index (χ0n) is 15.9.